The molecule has 0 saturated heterocycles. The second kappa shape index (κ2) is 6.14. The molecule has 4 aromatic rings. The number of pyridine rings is 1. The second-order valence-electron chi connectivity index (χ2n) is 5.91. The Hall–Kier alpha value is -3.42. The predicted octanol–water partition coefficient (Wildman–Crippen LogP) is 2.15. The number of hydrogen-bond acceptors (Lipinski definition) is 5. The van der Waals surface area contributed by atoms with Gasteiger partial charge in [0.25, 0.3) is 5.56 Å². The molecule has 0 aromatic carbocycles. The van der Waals surface area contributed by atoms with Gasteiger partial charge >= 0.3 is 0 Å². The summed E-state index contributed by atoms with van der Waals surface area (Å²) in [5.41, 5.74) is 3.63. The standard InChI is InChI=1S/C18H18N6O2/c1-4-14-11(2)22-17-15(9-21-24(17)18(14)25)12-8-20-23(10-12)16-7-13(26-3)5-6-19-16/h5-10,21H,4H2,1-3H3. The molecule has 4 aromatic heterocycles. The van der Waals surface area contributed by atoms with E-state index in [2.05, 4.69) is 20.2 Å². The minimum absolute atomic E-state index is 0.0666. The van der Waals surface area contributed by atoms with Gasteiger partial charge in [0.2, 0.25) is 0 Å². The van der Waals surface area contributed by atoms with Crippen molar-refractivity contribution >= 4 is 5.65 Å². The molecule has 8 nitrogen and oxygen atoms in total. The molecule has 0 amide bonds. The first-order valence-electron chi connectivity index (χ1n) is 8.27. The molecule has 0 bridgehead atoms. The third-order valence-corrected chi connectivity index (χ3v) is 4.40. The number of nitrogens with one attached hydrogen (secondary N) is 1. The minimum Gasteiger partial charge on any atom is -0.497 e. The lowest BCUT2D eigenvalue weighted by Crippen LogP contribution is -2.21. The smallest absolute Gasteiger partial charge is 0.276 e. The summed E-state index contributed by atoms with van der Waals surface area (Å²) in [6, 6.07) is 3.57. The van der Waals surface area contributed by atoms with E-state index in [1.54, 1.807) is 42.5 Å². The number of rotatable bonds is 4. The Balaban J connectivity index is 1.82. The third kappa shape index (κ3) is 2.46. The van der Waals surface area contributed by atoms with Gasteiger partial charge in [-0.15, -0.1) is 0 Å². The van der Waals surface area contributed by atoms with Crippen molar-refractivity contribution in [1.82, 2.24) is 29.4 Å². The van der Waals surface area contributed by atoms with E-state index in [-0.39, 0.29) is 5.56 Å². The molecule has 0 unspecified atom stereocenters. The predicted molar refractivity (Wildman–Crippen MR) is 96.8 cm³/mol. The number of aromatic nitrogens is 6. The van der Waals surface area contributed by atoms with Crippen molar-refractivity contribution in [2.45, 2.75) is 20.3 Å². The van der Waals surface area contributed by atoms with Gasteiger partial charge in [-0.2, -0.15) is 5.10 Å². The van der Waals surface area contributed by atoms with Gasteiger partial charge in [0, 0.05) is 47.0 Å². The van der Waals surface area contributed by atoms with Crippen LogP contribution in [-0.4, -0.2) is 36.5 Å². The Morgan fingerprint density at radius 2 is 2.19 bits per heavy atom. The topological polar surface area (TPSA) is 90.1 Å². The van der Waals surface area contributed by atoms with E-state index in [1.165, 1.54) is 4.52 Å². The summed E-state index contributed by atoms with van der Waals surface area (Å²) >= 11 is 0. The first-order chi connectivity index (χ1) is 12.6. The third-order valence-electron chi connectivity index (χ3n) is 4.40. The average molecular weight is 350 g/mol. The summed E-state index contributed by atoms with van der Waals surface area (Å²) < 4.78 is 8.36. The molecule has 0 aliphatic carbocycles. The number of ether oxygens (including phenoxy) is 1. The van der Waals surface area contributed by atoms with Crippen molar-refractivity contribution in [2.75, 3.05) is 7.11 Å². The normalized spacial score (nSPS) is 11.2. The highest BCUT2D eigenvalue weighted by molar-refractivity contribution is 5.76. The van der Waals surface area contributed by atoms with Crippen LogP contribution in [-0.2, 0) is 6.42 Å². The summed E-state index contributed by atoms with van der Waals surface area (Å²) in [6.45, 7) is 3.81. The molecular formula is C18H18N6O2. The maximum atomic E-state index is 12.6. The van der Waals surface area contributed by atoms with Gasteiger partial charge in [-0.3, -0.25) is 9.89 Å². The molecule has 1 N–H and O–H groups in total. The molecule has 0 fully saturated rings. The van der Waals surface area contributed by atoms with Crippen LogP contribution in [0.3, 0.4) is 0 Å². The fraction of sp³-hybridized carbons (Fsp3) is 0.222. The Morgan fingerprint density at radius 3 is 2.96 bits per heavy atom. The van der Waals surface area contributed by atoms with Crippen LogP contribution in [0.4, 0.5) is 0 Å². The van der Waals surface area contributed by atoms with Gasteiger partial charge in [-0.25, -0.2) is 19.2 Å². The molecule has 0 aliphatic rings. The summed E-state index contributed by atoms with van der Waals surface area (Å²) in [6.07, 6.45) is 7.65. The molecule has 0 atom stereocenters. The zero-order valence-corrected chi connectivity index (χ0v) is 14.7. The number of aryl methyl sites for hydroxylation is 1. The van der Waals surface area contributed by atoms with Gasteiger partial charge < -0.3 is 4.74 Å². The molecule has 4 rings (SSSR count). The van der Waals surface area contributed by atoms with Crippen LogP contribution in [0, 0.1) is 6.92 Å². The first-order valence-corrected chi connectivity index (χ1v) is 8.27. The van der Waals surface area contributed by atoms with Crippen LogP contribution in [0.2, 0.25) is 0 Å². The van der Waals surface area contributed by atoms with Crippen molar-refractivity contribution in [3.63, 3.8) is 0 Å². The molecule has 26 heavy (non-hydrogen) atoms. The quantitative estimate of drug-likeness (QED) is 0.609. The number of fused-ring (bicyclic) bond motifs is 1. The minimum atomic E-state index is -0.0666. The summed E-state index contributed by atoms with van der Waals surface area (Å²) in [5, 5.41) is 7.37. The summed E-state index contributed by atoms with van der Waals surface area (Å²) in [7, 11) is 1.61. The molecule has 0 aliphatic heterocycles. The number of nitrogens with zero attached hydrogens (tertiary/aromatic N) is 5. The highest BCUT2D eigenvalue weighted by Crippen LogP contribution is 2.24. The van der Waals surface area contributed by atoms with Gasteiger partial charge in [0.15, 0.2) is 11.5 Å². The molecule has 0 radical (unpaired) electrons. The Kier molecular flexibility index (Phi) is 3.80. The van der Waals surface area contributed by atoms with E-state index < -0.39 is 0 Å². The maximum Gasteiger partial charge on any atom is 0.276 e. The number of H-pyrrole nitrogens is 1. The molecule has 0 saturated carbocycles. The van der Waals surface area contributed by atoms with Crippen LogP contribution in [0.15, 0.2) is 41.7 Å². The van der Waals surface area contributed by atoms with Crippen LogP contribution < -0.4 is 10.3 Å². The summed E-state index contributed by atoms with van der Waals surface area (Å²) in [4.78, 5) is 21.5. The van der Waals surface area contributed by atoms with E-state index in [1.807, 2.05) is 20.0 Å². The van der Waals surface area contributed by atoms with E-state index in [0.717, 1.165) is 16.8 Å². The molecule has 132 valence electrons. The average Bonchev–Trinajstić information content (AvgIpc) is 3.29. The zero-order chi connectivity index (χ0) is 18.3. The van der Waals surface area contributed by atoms with Crippen LogP contribution in [0.1, 0.15) is 18.2 Å². The largest absolute Gasteiger partial charge is 0.497 e. The number of aromatic amines is 1. The van der Waals surface area contributed by atoms with Gasteiger partial charge in [0.05, 0.1) is 13.3 Å². The molecule has 4 heterocycles. The Bertz CT molecular complexity index is 1150. The van der Waals surface area contributed by atoms with Gasteiger partial charge in [0.1, 0.15) is 5.75 Å². The van der Waals surface area contributed by atoms with Crippen molar-refractivity contribution in [3.05, 3.63) is 58.5 Å². The van der Waals surface area contributed by atoms with Crippen LogP contribution >= 0.6 is 0 Å². The fourth-order valence-electron chi connectivity index (χ4n) is 3.01. The number of methoxy groups -OCH3 is 1. The first kappa shape index (κ1) is 16.1. The lowest BCUT2D eigenvalue weighted by molar-refractivity contribution is 0.414. The SMILES string of the molecule is CCc1c(C)nc2c(-c3cnn(-c4cc(OC)ccn4)c3)c[nH]n2c1=O. The van der Waals surface area contributed by atoms with E-state index in [4.69, 9.17) is 4.74 Å². The van der Waals surface area contributed by atoms with Crippen molar-refractivity contribution in [1.29, 1.82) is 0 Å². The van der Waals surface area contributed by atoms with Crippen LogP contribution in [0.5, 0.6) is 5.75 Å². The highest BCUT2D eigenvalue weighted by Gasteiger charge is 2.15. The highest BCUT2D eigenvalue weighted by atomic mass is 16.5. The maximum absolute atomic E-state index is 12.6. The Labute approximate surface area is 149 Å². The zero-order valence-electron chi connectivity index (χ0n) is 14.7. The second-order valence-corrected chi connectivity index (χ2v) is 5.91. The summed E-state index contributed by atoms with van der Waals surface area (Å²) in [5.74, 6) is 1.35. The van der Waals surface area contributed by atoms with Crippen molar-refractivity contribution < 1.29 is 4.74 Å². The van der Waals surface area contributed by atoms with Crippen molar-refractivity contribution in [3.8, 4) is 22.7 Å². The van der Waals surface area contributed by atoms with E-state index in [0.29, 0.717) is 29.2 Å². The fourth-order valence-corrected chi connectivity index (χ4v) is 3.01. The van der Waals surface area contributed by atoms with Gasteiger partial charge in [-0.1, -0.05) is 6.92 Å². The molecule has 0 spiro atoms. The Morgan fingerprint density at radius 1 is 1.35 bits per heavy atom. The monoisotopic (exact) mass is 350 g/mol. The van der Waals surface area contributed by atoms with Crippen molar-refractivity contribution in [2.24, 2.45) is 0 Å². The van der Waals surface area contributed by atoms with Crippen LogP contribution in [0.25, 0.3) is 22.6 Å². The van der Waals surface area contributed by atoms with E-state index in [9.17, 15) is 4.79 Å². The molecule has 8 heteroatoms. The molecular weight excluding hydrogens is 332 g/mol. The lowest BCUT2D eigenvalue weighted by Gasteiger charge is -2.03. The number of hydrogen-bond donors (Lipinski definition) is 1. The van der Waals surface area contributed by atoms with Gasteiger partial charge in [-0.05, 0) is 19.4 Å². The lowest BCUT2D eigenvalue weighted by atomic mass is 10.1. The van der Waals surface area contributed by atoms with E-state index >= 15 is 0 Å².